The number of imide groups is 1. The first-order chi connectivity index (χ1) is 14.5. The Morgan fingerprint density at radius 3 is 2.77 bits per heavy atom. The van der Waals surface area contributed by atoms with Crippen molar-refractivity contribution in [2.45, 2.75) is 32.0 Å². The highest BCUT2D eigenvalue weighted by Crippen LogP contribution is 2.20. The molecule has 9 nitrogen and oxygen atoms in total. The summed E-state index contributed by atoms with van der Waals surface area (Å²) in [6, 6.07) is 11.3. The van der Waals surface area contributed by atoms with Gasteiger partial charge in [-0.15, -0.1) is 10.2 Å². The normalized spacial score (nSPS) is 16.2. The van der Waals surface area contributed by atoms with Crippen molar-refractivity contribution in [1.82, 2.24) is 30.1 Å². The van der Waals surface area contributed by atoms with E-state index >= 15 is 0 Å². The first-order valence-electron chi connectivity index (χ1n) is 9.43. The van der Waals surface area contributed by atoms with Crippen LogP contribution in [0.15, 0.2) is 48.7 Å². The van der Waals surface area contributed by atoms with Crippen LogP contribution in [0.25, 0.3) is 5.65 Å². The Kier molecular flexibility index (Phi) is 5.62. The highest BCUT2D eigenvalue weighted by molar-refractivity contribution is 6.31. The minimum absolute atomic E-state index is 0.0903. The molecule has 0 aliphatic carbocycles. The van der Waals surface area contributed by atoms with Gasteiger partial charge in [0.2, 0.25) is 5.91 Å². The fourth-order valence-corrected chi connectivity index (χ4v) is 3.47. The summed E-state index contributed by atoms with van der Waals surface area (Å²) in [7, 11) is 0. The number of nitrogens with zero attached hydrogens (tertiary/aromatic N) is 4. The molecule has 0 spiro atoms. The lowest BCUT2D eigenvalue weighted by atomic mass is 10.1. The molecule has 10 heteroatoms. The predicted molar refractivity (Wildman–Crippen MR) is 108 cm³/mol. The molecular weight excluding hydrogens is 408 g/mol. The smallest absolute Gasteiger partial charge is 0.325 e. The van der Waals surface area contributed by atoms with E-state index in [2.05, 4.69) is 20.8 Å². The van der Waals surface area contributed by atoms with Crippen LogP contribution < -0.4 is 10.6 Å². The van der Waals surface area contributed by atoms with Crippen molar-refractivity contribution in [2.75, 3.05) is 0 Å². The molecule has 0 radical (unpaired) electrons. The van der Waals surface area contributed by atoms with Crippen LogP contribution in [0.5, 0.6) is 0 Å². The third kappa shape index (κ3) is 4.11. The van der Waals surface area contributed by atoms with Gasteiger partial charge in [0.05, 0.1) is 13.1 Å². The molecule has 0 bridgehead atoms. The van der Waals surface area contributed by atoms with E-state index in [4.69, 9.17) is 11.6 Å². The average Bonchev–Trinajstić information content (AvgIpc) is 3.28. The second-order valence-corrected chi connectivity index (χ2v) is 7.29. The average molecular weight is 427 g/mol. The highest BCUT2D eigenvalue weighted by atomic mass is 35.5. The molecule has 0 saturated carbocycles. The maximum absolute atomic E-state index is 12.6. The minimum Gasteiger partial charge on any atom is -0.349 e. The Hall–Kier alpha value is -3.46. The lowest BCUT2D eigenvalue weighted by Crippen LogP contribution is -2.32. The first kappa shape index (κ1) is 19.8. The molecule has 30 heavy (non-hydrogen) atoms. The molecule has 1 atom stereocenters. The summed E-state index contributed by atoms with van der Waals surface area (Å²) in [6.07, 6.45) is 2.11. The van der Waals surface area contributed by atoms with Crippen LogP contribution in [0.1, 0.15) is 24.2 Å². The number of carbonyl (C=O) groups excluding carboxylic acids is 3. The monoisotopic (exact) mass is 426 g/mol. The van der Waals surface area contributed by atoms with Crippen LogP contribution in [-0.4, -0.2) is 43.4 Å². The molecule has 1 saturated heterocycles. The summed E-state index contributed by atoms with van der Waals surface area (Å²) < 4.78 is 1.79. The van der Waals surface area contributed by atoms with E-state index in [9.17, 15) is 14.4 Å². The number of hydrogen-bond acceptors (Lipinski definition) is 5. The lowest BCUT2D eigenvalue weighted by molar-refractivity contribution is -0.128. The number of carbonyl (C=O) groups is 3. The van der Waals surface area contributed by atoms with Gasteiger partial charge in [0.15, 0.2) is 11.5 Å². The van der Waals surface area contributed by atoms with Crippen molar-refractivity contribution in [3.63, 3.8) is 0 Å². The van der Waals surface area contributed by atoms with E-state index in [1.54, 1.807) is 28.7 Å². The van der Waals surface area contributed by atoms with Gasteiger partial charge < -0.3 is 10.6 Å². The molecule has 3 aromatic rings. The van der Waals surface area contributed by atoms with Crippen LogP contribution in [0.3, 0.4) is 0 Å². The number of fused-ring (bicyclic) bond motifs is 1. The van der Waals surface area contributed by atoms with Gasteiger partial charge in [-0.1, -0.05) is 35.9 Å². The number of aromatic nitrogens is 3. The maximum atomic E-state index is 12.6. The first-order valence-corrected chi connectivity index (χ1v) is 9.81. The van der Waals surface area contributed by atoms with Crippen molar-refractivity contribution in [1.29, 1.82) is 0 Å². The number of nitrogens with one attached hydrogen (secondary N) is 2. The van der Waals surface area contributed by atoms with Gasteiger partial charge in [-0.05, 0) is 30.2 Å². The van der Waals surface area contributed by atoms with Crippen molar-refractivity contribution in [3.8, 4) is 0 Å². The Morgan fingerprint density at radius 2 is 1.93 bits per heavy atom. The van der Waals surface area contributed by atoms with E-state index in [0.29, 0.717) is 22.1 Å². The fraction of sp³-hybridized carbons (Fsp3) is 0.250. The third-order valence-electron chi connectivity index (χ3n) is 4.88. The quantitative estimate of drug-likeness (QED) is 0.561. The molecule has 1 aromatic carbocycles. The molecule has 1 unspecified atom stereocenters. The maximum Gasteiger partial charge on any atom is 0.325 e. The van der Waals surface area contributed by atoms with Gasteiger partial charge in [-0.25, -0.2) is 4.79 Å². The summed E-state index contributed by atoms with van der Waals surface area (Å²) in [5.41, 5.74) is 1.38. The van der Waals surface area contributed by atoms with Crippen LogP contribution in [0, 0.1) is 0 Å². The van der Waals surface area contributed by atoms with Gasteiger partial charge >= 0.3 is 6.03 Å². The second kappa shape index (κ2) is 8.50. The van der Waals surface area contributed by atoms with Crippen LogP contribution in [-0.2, 0) is 22.7 Å². The van der Waals surface area contributed by atoms with Gasteiger partial charge in [-0.3, -0.25) is 18.9 Å². The zero-order chi connectivity index (χ0) is 21.1. The van der Waals surface area contributed by atoms with Crippen LogP contribution in [0.2, 0.25) is 5.02 Å². The molecule has 3 heterocycles. The molecule has 4 rings (SSSR count). The lowest BCUT2D eigenvalue weighted by Gasteiger charge is -2.14. The van der Waals surface area contributed by atoms with Crippen molar-refractivity contribution in [3.05, 3.63) is 65.1 Å². The molecule has 154 valence electrons. The number of halogens is 1. The molecule has 1 aliphatic rings. The van der Waals surface area contributed by atoms with Gasteiger partial charge in [0.1, 0.15) is 6.04 Å². The Bertz CT molecular complexity index is 1110. The molecule has 1 aliphatic heterocycles. The predicted octanol–water partition coefficient (Wildman–Crippen LogP) is 1.90. The van der Waals surface area contributed by atoms with Crippen molar-refractivity contribution >= 4 is 35.1 Å². The Balaban J connectivity index is 1.29. The fourth-order valence-electron chi connectivity index (χ4n) is 3.27. The topological polar surface area (TPSA) is 109 Å². The van der Waals surface area contributed by atoms with E-state index in [1.165, 1.54) is 0 Å². The van der Waals surface area contributed by atoms with E-state index < -0.39 is 12.1 Å². The van der Waals surface area contributed by atoms with E-state index in [-0.39, 0.29) is 37.7 Å². The Morgan fingerprint density at radius 1 is 1.13 bits per heavy atom. The van der Waals surface area contributed by atoms with Crippen LogP contribution >= 0.6 is 11.6 Å². The summed E-state index contributed by atoms with van der Waals surface area (Å²) >= 11 is 6.12. The van der Waals surface area contributed by atoms with Gasteiger partial charge in [0.25, 0.3) is 5.91 Å². The summed E-state index contributed by atoms with van der Waals surface area (Å²) in [5.74, 6) is 0.000523. The number of pyridine rings is 1. The van der Waals surface area contributed by atoms with Crippen LogP contribution in [0.4, 0.5) is 4.79 Å². The van der Waals surface area contributed by atoms with Crippen molar-refractivity contribution in [2.24, 2.45) is 0 Å². The number of hydrogen-bond donors (Lipinski definition) is 2. The van der Waals surface area contributed by atoms with E-state index in [0.717, 1.165) is 4.90 Å². The molecule has 2 N–H and O–H groups in total. The summed E-state index contributed by atoms with van der Waals surface area (Å²) in [4.78, 5) is 38.1. The third-order valence-corrected chi connectivity index (χ3v) is 5.25. The summed E-state index contributed by atoms with van der Waals surface area (Å²) in [5, 5.41) is 14.0. The van der Waals surface area contributed by atoms with Gasteiger partial charge in [0, 0.05) is 17.6 Å². The largest absolute Gasteiger partial charge is 0.349 e. The second-order valence-electron chi connectivity index (χ2n) is 6.88. The zero-order valence-electron chi connectivity index (χ0n) is 15.9. The molecular formula is C20H19ClN6O3. The number of amides is 4. The van der Waals surface area contributed by atoms with Gasteiger partial charge in [-0.2, -0.15) is 0 Å². The highest BCUT2D eigenvalue weighted by Gasteiger charge is 2.38. The van der Waals surface area contributed by atoms with Crippen molar-refractivity contribution < 1.29 is 14.4 Å². The molecule has 2 aromatic heterocycles. The SMILES string of the molecule is O=C(CCC1NC(=O)N(Cc2ccccc2Cl)C1=O)NCc1nnc2ccccn12. The Labute approximate surface area is 177 Å². The standard InChI is InChI=1S/C20H19ClN6O3/c21-14-6-2-1-5-13(14)12-27-19(29)15(23-20(27)30)8-9-18(28)22-11-17-25-24-16-7-3-4-10-26(16)17/h1-7,10,15H,8-9,11-12H2,(H,22,28)(H,23,30). The number of rotatable bonds is 7. The minimum atomic E-state index is -0.736. The number of urea groups is 1. The van der Waals surface area contributed by atoms with E-state index in [1.807, 2.05) is 24.4 Å². The number of benzene rings is 1. The molecule has 4 amide bonds. The zero-order valence-corrected chi connectivity index (χ0v) is 16.7. The summed E-state index contributed by atoms with van der Waals surface area (Å²) in [6.45, 7) is 0.306. The molecule has 1 fully saturated rings.